The first-order chi connectivity index (χ1) is 10.6. The predicted molar refractivity (Wildman–Crippen MR) is 85.9 cm³/mol. The fraction of sp³-hybridized carbons (Fsp3) is 0.647. The predicted octanol–water partition coefficient (Wildman–Crippen LogP) is 3.00. The second kappa shape index (κ2) is 8.13. The van der Waals surface area contributed by atoms with Gasteiger partial charge in [-0.3, -0.25) is 0 Å². The van der Waals surface area contributed by atoms with Crippen LogP contribution in [0.15, 0.2) is 18.3 Å². The van der Waals surface area contributed by atoms with E-state index in [0.29, 0.717) is 23.8 Å². The highest BCUT2D eigenvalue weighted by molar-refractivity contribution is 5.94. The maximum Gasteiger partial charge on any atom is 0.342 e. The maximum absolute atomic E-state index is 12.1. The molecule has 0 radical (unpaired) electrons. The second-order valence-corrected chi connectivity index (χ2v) is 6.20. The molecule has 22 heavy (non-hydrogen) atoms. The summed E-state index contributed by atoms with van der Waals surface area (Å²) in [7, 11) is 0. The Labute approximate surface area is 132 Å². The third-order valence-corrected chi connectivity index (χ3v) is 4.04. The molecule has 1 aliphatic rings. The summed E-state index contributed by atoms with van der Waals surface area (Å²) in [5, 5.41) is 13.4. The van der Waals surface area contributed by atoms with Crippen LogP contribution in [-0.4, -0.2) is 34.8 Å². The van der Waals surface area contributed by atoms with Crippen molar-refractivity contribution in [1.82, 2.24) is 4.98 Å². The number of rotatable bonds is 6. The normalized spacial score (nSPS) is 17.3. The van der Waals surface area contributed by atoms with Crippen molar-refractivity contribution in [2.24, 2.45) is 5.92 Å². The number of pyridine rings is 1. The molecule has 0 bridgehead atoms. The van der Waals surface area contributed by atoms with Gasteiger partial charge in [-0.15, -0.1) is 0 Å². The molecule has 5 heteroatoms. The van der Waals surface area contributed by atoms with Gasteiger partial charge >= 0.3 is 5.97 Å². The molecule has 2 rings (SSSR count). The zero-order valence-corrected chi connectivity index (χ0v) is 13.4. The molecule has 1 aromatic rings. The van der Waals surface area contributed by atoms with Crippen LogP contribution < -0.4 is 5.32 Å². The first-order valence-electron chi connectivity index (χ1n) is 8.16. The summed E-state index contributed by atoms with van der Waals surface area (Å²) < 4.78 is 5.22. The number of nitrogens with one attached hydrogen (secondary N) is 1. The third-order valence-electron chi connectivity index (χ3n) is 4.04. The molecule has 1 saturated carbocycles. The average molecular weight is 306 g/mol. The lowest BCUT2D eigenvalue weighted by atomic mass is 9.85. The first kappa shape index (κ1) is 16.7. The van der Waals surface area contributed by atoms with Crippen molar-refractivity contribution in [2.45, 2.75) is 58.2 Å². The maximum atomic E-state index is 12.1. The summed E-state index contributed by atoms with van der Waals surface area (Å²) in [6, 6.07) is 3.40. The Morgan fingerprint density at radius 3 is 2.82 bits per heavy atom. The number of ether oxygens (including phenoxy) is 1. The van der Waals surface area contributed by atoms with Gasteiger partial charge in [0, 0.05) is 12.7 Å². The van der Waals surface area contributed by atoms with Gasteiger partial charge in [0.1, 0.15) is 11.4 Å². The van der Waals surface area contributed by atoms with E-state index in [1.807, 2.05) is 13.8 Å². The Balaban J connectivity index is 1.95. The lowest BCUT2D eigenvalue weighted by molar-refractivity contribution is 0.0378. The molecule has 0 aliphatic heterocycles. The fourth-order valence-corrected chi connectivity index (χ4v) is 2.88. The number of hydrogen-bond acceptors (Lipinski definition) is 5. The van der Waals surface area contributed by atoms with Crippen LogP contribution >= 0.6 is 0 Å². The molecule has 1 heterocycles. The van der Waals surface area contributed by atoms with E-state index in [1.54, 1.807) is 18.3 Å². The Kier molecular flexibility index (Phi) is 6.19. The number of carbonyl (C=O) groups excluding carboxylic acids is 1. The highest BCUT2D eigenvalue weighted by atomic mass is 16.5. The van der Waals surface area contributed by atoms with Gasteiger partial charge in [-0.25, -0.2) is 9.78 Å². The molecule has 0 spiro atoms. The van der Waals surface area contributed by atoms with Gasteiger partial charge in [-0.05, 0) is 44.7 Å². The molecular weight excluding hydrogens is 280 g/mol. The van der Waals surface area contributed by atoms with Gasteiger partial charge in [0.15, 0.2) is 0 Å². The number of esters is 1. The highest BCUT2D eigenvalue weighted by Gasteiger charge is 2.22. The summed E-state index contributed by atoms with van der Waals surface area (Å²) in [5.41, 5.74) is 0.409. The molecule has 1 fully saturated rings. The number of carbonyl (C=O) groups is 1. The lowest BCUT2D eigenvalue weighted by Crippen LogP contribution is -2.30. The van der Waals surface area contributed by atoms with E-state index in [1.165, 1.54) is 19.3 Å². The Morgan fingerprint density at radius 1 is 1.41 bits per heavy atom. The summed E-state index contributed by atoms with van der Waals surface area (Å²) in [6.07, 6.45) is 6.85. The van der Waals surface area contributed by atoms with Gasteiger partial charge in [0.2, 0.25) is 0 Å². The summed E-state index contributed by atoms with van der Waals surface area (Å²) in [5.74, 6) is 0.428. The molecule has 1 unspecified atom stereocenters. The van der Waals surface area contributed by atoms with Crippen molar-refractivity contribution in [3.8, 4) is 0 Å². The number of aliphatic hydroxyl groups excluding tert-OH is 1. The van der Waals surface area contributed by atoms with E-state index in [2.05, 4.69) is 10.3 Å². The van der Waals surface area contributed by atoms with Crippen LogP contribution in [0.5, 0.6) is 0 Å². The minimum Gasteiger partial charge on any atom is -0.459 e. The standard InChI is InChI=1S/C17H26N2O3/c1-12(2)22-17(21)14-9-6-10-18-16(14)19-11-15(20)13-7-4-3-5-8-13/h6,9-10,12-13,15,20H,3-5,7-8,11H2,1-2H3,(H,18,19). The van der Waals surface area contributed by atoms with Crippen molar-refractivity contribution in [3.05, 3.63) is 23.9 Å². The van der Waals surface area contributed by atoms with Gasteiger partial charge < -0.3 is 15.2 Å². The molecule has 1 aliphatic carbocycles. The number of aromatic nitrogens is 1. The van der Waals surface area contributed by atoms with Crippen LogP contribution in [0, 0.1) is 5.92 Å². The van der Waals surface area contributed by atoms with E-state index in [0.717, 1.165) is 12.8 Å². The smallest absolute Gasteiger partial charge is 0.342 e. The molecule has 2 N–H and O–H groups in total. The average Bonchev–Trinajstić information content (AvgIpc) is 2.53. The van der Waals surface area contributed by atoms with Gasteiger partial charge in [-0.1, -0.05) is 19.3 Å². The molecule has 1 atom stereocenters. The molecule has 122 valence electrons. The number of anilines is 1. The zero-order chi connectivity index (χ0) is 15.9. The second-order valence-electron chi connectivity index (χ2n) is 6.20. The first-order valence-corrected chi connectivity index (χ1v) is 8.16. The van der Waals surface area contributed by atoms with Crippen molar-refractivity contribution >= 4 is 11.8 Å². The van der Waals surface area contributed by atoms with Crippen LogP contribution in [0.2, 0.25) is 0 Å². The van der Waals surface area contributed by atoms with Crippen molar-refractivity contribution in [1.29, 1.82) is 0 Å². The minimum absolute atomic E-state index is 0.173. The minimum atomic E-state index is -0.406. The summed E-state index contributed by atoms with van der Waals surface area (Å²) >= 11 is 0. The van der Waals surface area contributed by atoms with Crippen LogP contribution in [-0.2, 0) is 4.74 Å². The highest BCUT2D eigenvalue weighted by Crippen LogP contribution is 2.26. The molecule has 0 saturated heterocycles. The SMILES string of the molecule is CC(C)OC(=O)c1cccnc1NCC(O)C1CCCCC1. The van der Waals surface area contributed by atoms with E-state index >= 15 is 0 Å². The topological polar surface area (TPSA) is 71.5 Å². The third kappa shape index (κ3) is 4.70. The van der Waals surface area contributed by atoms with Crippen molar-refractivity contribution in [3.63, 3.8) is 0 Å². The number of nitrogens with zero attached hydrogens (tertiary/aromatic N) is 1. The molecule has 0 aromatic carbocycles. The van der Waals surface area contributed by atoms with Crippen LogP contribution in [0.25, 0.3) is 0 Å². The quantitative estimate of drug-likeness (QED) is 0.791. The molecule has 0 amide bonds. The molecule has 1 aromatic heterocycles. The van der Waals surface area contributed by atoms with E-state index < -0.39 is 12.1 Å². The van der Waals surface area contributed by atoms with Gasteiger partial charge in [0.05, 0.1) is 12.2 Å². The van der Waals surface area contributed by atoms with E-state index in [9.17, 15) is 9.90 Å². The van der Waals surface area contributed by atoms with E-state index in [4.69, 9.17) is 4.74 Å². The van der Waals surface area contributed by atoms with Crippen molar-refractivity contribution in [2.75, 3.05) is 11.9 Å². The Bertz CT molecular complexity index is 485. The number of aliphatic hydroxyl groups is 1. The summed E-state index contributed by atoms with van der Waals surface area (Å²) in [4.78, 5) is 16.3. The fourth-order valence-electron chi connectivity index (χ4n) is 2.88. The van der Waals surface area contributed by atoms with Crippen LogP contribution in [0.1, 0.15) is 56.3 Å². The summed E-state index contributed by atoms with van der Waals surface area (Å²) in [6.45, 7) is 4.03. The van der Waals surface area contributed by atoms with Crippen LogP contribution in [0.3, 0.4) is 0 Å². The van der Waals surface area contributed by atoms with Gasteiger partial charge in [-0.2, -0.15) is 0 Å². The van der Waals surface area contributed by atoms with Crippen LogP contribution in [0.4, 0.5) is 5.82 Å². The zero-order valence-electron chi connectivity index (χ0n) is 13.4. The lowest BCUT2D eigenvalue weighted by Gasteiger charge is -2.27. The van der Waals surface area contributed by atoms with Gasteiger partial charge in [0.25, 0.3) is 0 Å². The molecular formula is C17H26N2O3. The molecule has 5 nitrogen and oxygen atoms in total. The van der Waals surface area contributed by atoms with E-state index in [-0.39, 0.29) is 6.10 Å². The largest absolute Gasteiger partial charge is 0.459 e. The van der Waals surface area contributed by atoms with Crippen molar-refractivity contribution < 1.29 is 14.6 Å². The Hall–Kier alpha value is -1.62. The number of hydrogen-bond donors (Lipinski definition) is 2. The Morgan fingerprint density at radius 2 is 2.14 bits per heavy atom. The monoisotopic (exact) mass is 306 g/mol.